The van der Waals surface area contributed by atoms with E-state index in [2.05, 4.69) is 38.0 Å². The van der Waals surface area contributed by atoms with Gasteiger partial charge < -0.3 is 15.0 Å². The van der Waals surface area contributed by atoms with E-state index < -0.39 is 0 Å². The van der Waals surface area contributed by atoms with Gasteiger partial charge in [0.2, 0.25) is 0 Å². The maximum Gasteiger partial charge on any atom is 0.0469 e. The van der Waals surface area contributed by atoms with Crippen LogP contribution in [0.15, 0.2) is 0 Å². The van der Waals surface area contributed by atoms with Crippen LogP contribution in [0.5, 0.6) is 0 Å². The molecule has 1 aliphatic carbocycles. The predicted octanol–water partition coefficient (Wildman–Crippen LogP) is 2.51. The molecule has 0 radical (unpaired) electrons. The smallest absolute Gasteiger partial charge is 0.0469 e. The highest BCUT2D eigenvalue weighted by Gasteiger charge is 2.35. The van der Waals surface area contributed by atoms with Crippen molar-refractivity contribution in [3.8, 4) is 0 Å². The van der Waals surface area contributed by atoms with Gasteiger partial charge in [-0.1, -0.05) is 0 Å². The van der Waals surface area contributed by atoms with Crippen LogP contribution in [-0.4, -0.2) is 49.8 Å². The molecule has 0 spiro atoms. The van der Waals surface area contributed by atoms with Crippen molar-refractivity contribution in [3.63, 3.8) is 0 Å². The summed E-state index contributed by atoms with van der Waals surface area (Å²) in [6, 6.07) is 0.803. The highest BCUT2D eigenvalue weighted by Crippen LogP contribution is 2.32. The van der Waals surface area contributed by atoms with Gasteiger partial charge in [0, 0.05) is 31.3 Å². The molecular weight excluding hydrogens is 236 g/mol. The van der Waals surface area contributed by atoms with Crippen LogP contribution in [0.4, 0.5) is 0 Å². The Morgan fingerprint density at radius 2 is 1.79 bits per heavy atom. The number of hydrogen-bond acceptors (Lipinski definition) is 3. The van der Waals surface area contributed by atoms with Crippen LogP contribution in [0.2, 0.25) is 0 Å². The molecule has 2 fully saturated rings. The summed E-state index contributed by atoms with van der Waals surface area (Å²) >= 11 is 0. The molecule has 1 N–H and O–H groups in total. The van der Waals surface area contributed by atoms with Crippen LogP contribution in [0.3, 0.4) is 0 Å². The Morgan fingerprint density at radius 1 is 1.11 bits per heavy atom. The summed E-state index contributed by atoms with van der Waals surface area (Å²) in [5, 5.41) is 3.67. The molecule has 1 heterocycles. The lowest BCUT2D eigenvalue weighted by atomic mass is 9.77. The van der Waals surface area contributed by atoms with E-state index in [1.807, 2.05) is 0 Å². The Morgan fingerprint density at radius 3 is 2.32 bits per heavy atom. The zero-order valence-corrected chi connectivity index (χ0v) is 13.2. The van der Waals surface area contributed by atoms with E-state index in [9.17, 15) is 0 Å². The van der Waals surface area contributed by atoms with Crippen LogP contribution in [-0.2, 0) is 4.74 Å². The Hall–Kier alpha value is -0.120. The molecule has 0 aromatic heterocycles. The van der Waals surface area contributed by atoms with Gasteiger partial charge in [-0.05, 0) is 71.9 Å². The number of nitrogens with one attached hydrogen (secondary N) is 1. The largest absolute Gasteiger partial charge is 0.381 e. The maximum absolute atomic E-state index is 5.45. The molecular formula is C16H32N2O. The molecule has 19 heavy (non-hydrogen) atoms. The van der Waals surface area contributed by atoms with E-state index >= 15 is 0 Å². The average molecular weight is 268 g/mol. The first-order valence-corrected chi connectivity index (χ1v) is 7.99. The first-order valence-electron chi connectivity index (χ1n) is 7.99. The van der Waals surface area contributed by atoms with Crippen molar-refractivity contribution in [2.45, 2.75) is 58.0 Å². The third kappa shape index (κ3) is 4.73. The average Bonchev–Trinajstić information content (AvgIpc) is 2.27. The molecule has 0 aromatic carbocycles. The van der Waals surface area contributed by atoms with Gasteiger partial charge in [0.1, 0.15) is 0 Å². The summed E-state index contributed by atoms with van der Waals surface area (Å²) in [7, 11) is 2.32. The topological polar surface area (TPSA) is 24.5 Å². The molecule has 0 aromatic rings. The lowest BCUT2D eigenvalue weighted by molar-refractivity contribution is 0.0255. The van der Waals surface area contributed by atoms with Gasteiger partial charge in [-0.25, -0.2) is 0 Å². The van der Waals surface area contributed by atoms with Gasteiger partial charge in [0.15, 0.2) is 0 Å². The predicted molar refractivity (Wildman–Crippen MR) is 80.4 cm³/mol. The third-order valence-electron chi connectivity index (χ3n) is 4.73. The van der Waals surface area contributed by atoms with Crippen molar-refractivity contribution >= 4 is 0 Å². The second-order valence-corrected chi connectivity index (χ2v) is 7.53. The minimum absolute atomic E-state index is 0.249. The Bertz CT molecular complexity index is 268. The standard InChI is InChI=1S/C16H32N2O/c1-16(2,3)17-11-14-5-6-15(14)18(4)12-13-7-9-19-10-8-13/h13-15,17H,5-12H2,1-4H3. The van der Waals surface area contributed by atoms with E-state index in [1.165, 1.54) is 38.8 Å². The van der Waals surface area contributed by atoms with Gasteiger partial charge >= 0.3 is 0 Å². The third-order valence-corrected chi connectivity index (χ3v) is 4.73. The van der Waals surface area contributed by atoms with E-state index in [0.29, 0.717) is 0 Å². The lowest BCUT2D eigenvalue weighted by Crippen LogP contribution is -2.52. The van der Waals surface area contributed by atoms with Crippen molar-refractivity contribution in [2.75, 3.05) is 33.4 Å². The quantitative estimate of drug-likeness (QED) is 0.829. The fourth-order valence-corrected chi connectivity index (χ4v) is 3.28. The van der Waals surface area contributed by atoms with Gasteiger partial charge in [0.25, 0.3) is 0 Å². The second kappa shape index (κ2) is 6.55. The summed E-state index contributed by atoms with van der Waals surface area (Å²) in [6.07, 6.45) is 5.28. The van der Waals surface area contributed by atoms with Crippen molar-refractivity contribution in [1.29, 1.82) is 0 Å². The SMILES string of the molecule is CN(CC1CCOCC1)C1CCC1CNC(C)(C)C. The Labute approximate surface area is 119 Å². The molecule has 0 amide bonds. The molecule has 1 saturated carbocycles. The van der Waals surface area contributed by atoms with Gasteiger partial charge in [0.05, 0.1) is 0 Å². The summed E-state index contributed by atoms with van der Waals surface area (Å²) in [5.74, 6) is 1.71. The molecule has 2 unspecified atom stereocenters. The van der Waals surface area contributed by atoms with E-state index in [4.69, 9.17) is 4.74 Å². The van der Waals surface area contributed by atoms with Crippen LogP contribution < -0.4 is 5.32 Å². The van der Waals surface area contributed by atoms with Crippen LogP contribution in [0.1, 0.15) is 46.5 Å². The summed E-state index contributed by atoms with van der Waals surface area (Å²) in [5.41, 5.74) is 0.249. The summed E-state index contributed by atoms with van der Waals surface area (Å²) in [6.45, 7) is 11.1. The molecule has 2 rings (SSSR count). The van der Waals surface area contributed by atoms with E-state index in [1.54, 1.807) is 0 Å². The fraction of sp³-hybridized carbons (Fsp3) is 1.00. The van der Waals surface area contributed by atoms with Gasteiger partial charge in [-0.3, -0.25) is 0 Å². The molecule has 1 saturated heterocycles. The highest BCUT2D eigenvalue weighted by molar-refractivity contribution is 4.91. The second-order valence-electron chi connectivity index (χ2n) is 7.53. The zero-order chi connectivity index (χ0) is 13.9. The Balaban J connectivity index is 1.71. The number of rotatable bonds is 5. The van der Waals surface area contributed by atoms with Gasteiger partial charge in [-0.15, -0.1) is 0 Å². The summed E-state index contributed by atoms with van der Waals surface area (Å²) < 4.78 is 5.45. The van der Waals surface area contributed by atoms with E-state index in [0.717, 1.165) is 31.1 Å². The molecule has 0 bridgehead atoms. The molecule has 3 nitrogen and oxygen atoms in total. The van der Waals surface area contributed by atoms with Crippen LogP contribution >= 0.6 is 0 Å². The number of ether oxygens (including phenoxy) is 1. The molecule has 2 atom stereocenters. The van der Waals surface area contributed by atoms with Crippen molar-refractivity contribution in [3.05, 3.63) is 0 Å². The minimum Gasteiger partial charge on any atom is -0.381 e. The lowest BCUT2D eigenvalue weighted by Gasteiger charge is -2.45. The summed E-state index contributed by atoms with van der Waals surface area (Å²) in [4.78, 5) is 2.62. The molecule has 1 aliphatic heterocycles. The first-order chi connectivity index (χ1) is 8.96. The maximum atomic E-state index is 5.45. The Kier molecular flexibility index (Phi) is 5.27. The molecule has 3 heteroatoms. The van der Waals surface area contributed by atoms with Crippen LogP contribution in [0, 0.1) is 11.8 Å². The molecule has 2 aliphatic rings. The van der Waals surface area contributed by atoms with Crippen molar-refractivity contribution < 1.29 is 4.74 Å². The van der Waals surface area contributed by atoms with Gasteiger partial charge in [-0.2, -0.15) is 0 Å². The van der Waals surface area contributed by atoms with Crippen molar-refractivity contribution in [1.82, 2.24) is 10.2 Å². The van der Waals surface area contributed by atoms with Crippen molar-refractivity contribution in [2.24, 2.45) is 11.8 Å². The normalized spacial score (nSPS) is 29.5. The zero-order valence-electron chi connectivity index (χ0n) is 13.2. The number of nitrogens with zero attached hydrogens (tertiary/aromatic N) is 1. The minimum atomic E-state index is 0.249. The fourth-order valence-electron chi connectivity index (χ4n) is 3.28. The number of hydrogen-bond donors (Lipinski definition) is 1. The molecule has 112 valence electrons. The van der Waals surface area contributed by atoms with Crippen LogP contribution in [0.25, 0.3) is 0 Å². The monoisotopic (exact) mass is 268 g/mol. The highest BCUT2D eigenvalue weighted by atomic mass is 16.5. The first kappa shape index (κ1) is 15.3. The van der Waals surface area contributed by atoms with E-state index in [-0.39, 0.29) is 5.54 Å².